The number of imidazole rings is 1. The van der Waals surface area contributed by atoms with Crippen molar-refractivity contribution in [3.8, 4) is 11.6 Å². The molecule has 1 aliphatic rings. The fourth-order valence-corrected chi connectivity index (χ4v) is 3.81. The number of nitrogens with two attached hydrogens (primary N) is 1. The highest BCUT2D eigenvalue weighted by molar-refractivity contribution is 6.30. The third-order valence-corrected chi connectivity index (χ3v) is 5.36. The number of rotatable bonds is 7. The van der Waals surface area contributed by atoms with Crippen LogP contribution < -0.4 is 15.0 Å². The molecule has 1 saturated heterocycles. The Morgan fingerprint density at radius 2 is 2.03 bits per heavy atom. The second-order valence-corrected chi connectivity index (χ2v) is 7.47. The molecular formula is C19H23ClN5O6+. The largest absolute Gasteiger partial charge is 0.490 e. The molecule has 2 aromatic heterocycles. The minimum Gasteiger partial charge on any atom is -0.490 e. The summed E-state index contributed by atoms with van der Waals surface area (Å²) in [5.74, 6) is 0.187. The Kier molecular flexibility index (Phi) is 6.12. The Hall–Kier alpha value is -2.70. The van der Waals surface area contributed by atoms with Crippen LogP contribution in [0.25, 0.3) is 11.2 Å². The smallest absolute Gasteiger partial charge is 0.279 e. The van der Waals surface area contributed by atoms with Crippen molar-refractivity contribution in [3.05, 3.63) is 35.6 Å². The maximum Gasteiger partial charge on any atom is 0.279 e. The molecule has 3 aromatic rings. The van der Waals surface area contributed by atoms with Crippen LogP contribution in [0.4, 0.5) is 5.95 Å². The molecule has 0 aliphatic carbocycles. The fourth-order valence-electron chi connectivity index (χ4n) is 3.68. The summed E-state index contributed by atoms with van der Waals surface area (Å²) in [5.41, 5.74) is 6.28. The molecule has 0 spiro atoms. The molecule has 0 bridgehead atoms. The van der Waals surface area contributed by atoms with Crippen LogP contribution in [0.2, 0.25) is 5.02 Å². The number of aromatic nitrogens is 4. The van der Waals surface area contributed by atoms with E-state index in [-0.39, 0.29) is 30.7 Å². The van der Waals surface area contributed by atoms with Gasteiger partial charge in [-0.2, -0.15) is 14.5 Å². The summed E-state index contributed by atoms with van der Waals surface area (Å²) < 4.78 is 20.0. The van der Waals surface area contributed by atoms with Gasteiger partial charge in [-0.25, -0.2) is 4.57 Å². The molecule has 11 nitrogen and oxygen atoms in total. The van der Waals surface area contributed by atoms with E-state index < -0.39 is 24.5 Å². The first-order valence-corrected chi connectivity index (χ1v) is 9.92. The molecular weight excluding hydrogens is 430 g/mol. The van der Waals surface area contributed by atoms with E-state index in [9.17, 15) is 15.3 Å². The number of nitrogen functional groups attached to an aromatic ring is 1. The predicted octanol–water partition coefficient (Wildman–Crippen LogP) is 0.00460. The van der Waals surface area contributed by atoms with E-state index in [1.807, 2.05) is 0 Å². The first kappa shape index (κ1) is 21.5. The van der Waals surface area contributed by atoms with Gasteiger partial charge < -0.3 is 35.3 Å². The van der Waals surface area contributed by atoms with Crippen molar-refractivity contribution >= 4 is 28.7 Å². The summed E-state index contributed by atoms with van der Waals surface area (Å²) in [5, 5.41) is 31.3. The molecule has 0 amide bonds. The number of methoxy groups -OCH3 is 1. The van der Waals surface area contributed by atoms with E-state index in [4.69, 9.17) is 31.5 Å². The number of aliphatic hydroxyl groups is 2. The number of anilines is 1. The van der Waals surface area contributed by atoms with Gasteiger partial charge in [-0.15, -0.1) is 0 Å². The van der Waals surface area contributed by atoms with E-state index >= 15 is 0 Å². The Balaban J connectivity index is 1.65. The Morgan fingerprint density at radius 1 is 1.29 bits per heavy atom. The maximum atomic E-state index is 10.7. The lowest BCUT2D eigenvalue weighted by Crippen LogP contribution is -2.37. The van der Waals surface area contributed by atoms with Gasteiger partial charge in [0, 0.05) is 12.1 Å². The first-order chi connectivity index (χ1) is 14.9. The highest BCUT2D eigenvalue weighted by atomic mass is 35.5. The fraction of sp³-hybridized carbons (Fsp3) is 0.421. The second-order valence-electron chi connectivity index (χ2n) is 7.03. The predicted molar refractivity (Wildman–Crippen MR) is 109 cm³/mol. The van der Waals surface area contributed by atoms with E-state index in [0.717, 1.165) is 0 Å². The summed E-state index contributed by atoms with van der Waals surface area (Å²) in [7, 11) is 1.43. The number of fused-ring (bicyclic) bond motifs is 1. The normalized spacial score (nSPS) is 23.5. The van der Waals surface area contributed by atoms with E-state index in [0.29, 0.717) is 22.8 Å². The zero-order valence-electron chi connectivity index (χ0n) is 16.6. The summed E-state index contributed by atoms with van der Waals surface area (Å²) >= 11 is 5.88. The SMILES string of the molecule is CO[C@H]1[C@@H](O)[C@H](n2c[n+](CCOc3ccc(Cl)cc3)c3c(O)nc(N)nc32)O[C@@H]1CO. The van der Waals surface area contributed by atoms with Gasteiger partial charge in [0.2, 0.25) is 18.5 Å². The zero-order chi connectivity index (χ0) is 22.1. The molecule has 1 fully saturated rings. The van der Waals surface area contributed by atoms with Gasteiger partial charge in [0.05, 0.1) is 6.61 Å². The van der Waals surface area contributed by atoms with Crippen LogP contribution in [0.1, 0.15) is 6.23 Å². The number of hydrogen-bond acceptors (Lipinski definition) is 9. The Morgan fingerprint density at radius 3 is 2.68 bits per heavy atom. The molecule has 0 radical (unpaired) electrons. The maximum absolute atomic E-state index is 10.7. The van der Waals surface area contributed by atoms with Crippen molar-refractivity contribution in [1.29, 1.82) is 0 Å². The molecule has 1 aliphatic heterocycles. The molecule has 1 aromatic carbocycles. The van der Waals surface area contributed by atoms with E-state index in [1.165, 1.54) is 11.7 Å². The number of benzene rings is 1. The number of aliphatic hydroxyl groups excluding tert-OH is 2. The average molecular weight is 453 g/mol. The van der Waals surface area contributed by atoms with Crippen molar-refractivity contribution < 1.29 is 34.1 Å². The monoisotopic (exact) mass is 452 g/mol. The summed E-state index contributed by atoms with van der Waals surface area (Å²) in [6, 6.07) is 6.95. The summed E-state index contributed by atoms with van der Waals surface area (Å²) in [6.07, 6.45) is -1.85. The highest BCUT2D eigenvalue weighted by Crippen LogP contribution is 2.33. The number of aromatic hydroxyl groups is 1. The van der Waals surface area contributed by atoms with Crippen LogP contribution in [-0.4, -0.2) is 68.5 Å². The van der Waals surface area contributed by atoms with Gasteiger partial charge in [-0.1, -0.05) is 11.6 Å². The molecule has 4 rings (SSSR count). The van der Waals surface area contributed by atoms with Crippen molar-refractivity contribution in [3.63, 3.8) is 0 Å². The average Bonchev–Trinajstić information content (AvgIpc) is 3.26. The molecule has 4 atom stereocenters. The van der Waals surface area contributed by atoms with Crippen LogP contribution in [0, 0.1) is 0 Å². The quantitative estimate of drug-likeness (QED) is 0.363. The Labute approximate surface area is 182 Å². The number of nitrogens with zero attached hydrogens (tertiary/aromatic N) is 4. The zero-order valence-corrected chi connectivity index (χ0v) is 17.4. The topological polar surface area (TPSA) is 149 Å². The van der Waals surface area contributed by atoms with Gasteiger partial charge in [0.15, 0.2) is 0 Å². The van der Waals surface area contributed by atoms with Gasteiger partial charge in [0.1, 0.15) is 37.2 Å². The van der Waals surface area contributed by atoms with Crippen LogP contribution in [-0.2, 0) is 16.0 Å². The van der Waals surface area contributed by atoms with Gasteiger partial charge in [-0.3, -0.25) is 0 Å². The molecule has 31 heavy (non-hydrogen) atoms. The third kappa shape index (κ3) is 4.10. The number of hydrogen-bond donors (Lipinski definition) is 4. The van der Waals surface area contributed by atoms with Gasteiger partial charge in [0.25, 0.3) is 17.0 Å². The van der Waals surface area contributed by atoms with Crippen molar-refractivity contribution in [2.45, 2.75) is 31.1 Å². The van der Waals surface area contributed by atoms with Crippen LogP contribution >= 0.6 is 11.6 Å². The van der Waals surface area contributed by atoms with Gasteiger partial charge in [-0.05, 0) is 24.3 Å². The lowest BCUT2D eigenvalue weighted by molar-refractivity contribution is -0.673. The van der Waals surface area contributed by atoms with Crippen LogP contribution in [0.15, 0.2) is 30.6 Å². The molecule has 166 valence electrons. The number of ether oxygens (including phenoxy) is 3. The second kappa shape index (κ2) is 8.81. The number of halogens is 1. The van der Waals surface area contributed by atoms with Crippen molar-refractivity contribution in [1.82, 2.24) is 14.5 Å². The van der Waals surface area contributed by atoms with Gasteiger partial charge >= 0.3 is 0 Å². The standard InChI is InChI=1S/C19H22ClN5O6/c1-29-15-12(8-26)31-18(14(15)27)25-9-24(13-16(25)22-19(21)23-17(13)28)6-7-30-11-4-2-10(20)3-5-11/h2-5,9,12,14-15,18,26-27H,6-8H2,1H3,(H2-,21,22,23,28)/p+1/t12-,14-,15-,18-/m1/s1. The molecule has 3 heterocycles. The summed E-state index contributed by atoms with van der Waals surface area (Å²) in [4.78, 5) is 8.04. The first-order valence-electron chi connectivity index (χ1n) is 9.55. The van der Waals surface area contributed by atoms with E-state index in [1.54, 1.807) is 35.2 Å². The summed E-state index contributed by atoms with van der Waals surface area (Å²) in [6.45, 7) is 0.263. The minimum atomic E-state index is -1.09. The lowest BCUT2D eigenvalue weighted by Gasteiger charge is -2.15. The van der Waals surface area contributed by atoms with Crippen LogP contribution in [0.5, 0.6) is 11.6 Å². The molecule has 12 heteroatoms. The van der Waals surface area contributed by atoms with Crippen molar-refractivity contribution in [2.24, 2.45) is 0 Å². The van der Waals surface area contributed by atoms with Crippen molar-refractivity contribution in [2.75, 3.05) is 26.1 Å². The van der Waals surface area contributed by atoms with E-state index in [2.05, 4.69) is 9.97 Å². The highest BCUT2D eigenvalue weighted by Gasteiger charge is 2.48. The minimum absolute atomic E-state index is 0.136. The molecule has 0 unspecified atom stereocenters. The Bertz CT molecular complexity index is 1060. The molecule has 5 N–H and O–H groups in total. The third-order valence-electron chi connectivity index (χ3n) is 5.11. The lowest BCUT2D eigenvalue weighted by atomic mass is 10.1. The molecule has 0 saturated carbocycles. The van der Waals surface area contributed by atoms with Crippen LogP contribution in [0.3, 0.4) is 0 Å².